The highest BCUT2D eigenvalue weighted by Crippen LogP contribution is 2.23. The first kappa shape index (κ1) is 18.5. The molecule has 0 spiro atoms. The molecule has 6 nitrogen and oxygen atoms in total. The lowest BCUT2D eigenvalue weighted by atomic mass is 10.2. The van der Waals surface area contributed by atoms with Crippen molar-refractivity contribution < 1.29 is 22.8 Å². The first-order chi connectivity index (χ1) is 12.3. The lowest BCUT2D eigenvalue weighted by molar-refractivity contribution is -0.148. The second kappa shape index (κ2) is 7.53. The molecule has 2 aliphatic rings. The molecule has 0 aliphatic carbocycles. The Kier molecular flexibility index (Phi) is 5.36. The number of urea groups is 1. The van der Waals surface area contributed by atoms with E-state index in [1.807, 2.05) is 0 Å². The highest BCUT2D eigenvalue weighted by molar-refractivity contribution is 5.96. The second-order valence-corrected chi connectivity index (χ2v) is 6.50. The zero-order valence-corrected chi connectivity index (χ0v) is 14.3. The molecule has 1 aromatic rings. The van der Waals surface area contributed by atoms with E-state index in [4.69, 9.17) is 0 Å². The van der Waals surface area contributed by atoms with Crippen LogP contribution in [0.1, 0.15) is 12.8 Å². The molecule has 3 rings (SSSR count). The van der Waals surface area contributed by atoms with E-state index in [1.54, 1.807) is 29.2 Å². The summed E-state index contributed by atoms with van der Waals surface area (Å²) in [6.45, 7) is 0.655. The van der Waals surface area contributed by atoms with Gasteiger partial charge in [0.25, 0.3) is 0 Å². The van der Waals surface area contributed by atoms with Gasteiger partial charge in [-0.25, -0.2) is 4.79 Å². The number of hydrogen-bond donors (Lipinski definition) is 1. The largest absolute Gasteiger partial charge is 0.401 e. The molecule has 26 heavy (non-hydrogen) atoms. The molecule has 3 amide bonds. The molecule has 2 aliphatic heterocycles. The van der Waals surface area contributed by atoms with Crippen molar-refractivity contribution in [1.29, 1.82) is 0 Å². The second-order valence-electron chi connectivity index (χ2n) is 6.50. The van der Waals surface area contributed by atoms with Crippen molar-refractivity contribution >= 4 is 23.3 Å². The number of piperazine rings is 1. The first-order valence-corrected chi connectivity index (χ1v) is 8.57. The Morgan fingerprint density at radius 3 is 2.23 bits per heavy atom. The maximum atomic E-state index is 12.4. The van der Waals surface area contributed by atoms with Gasteiger partial charge in [-0.1, -0.05) is 0 Å². The number of nitrogens with zero attached hydrogens (tertiary/aromatic N) is 3. The number of alkyl halides is 3. The number of anilines is 2. The summed E-state index contributed by atoms with van der Waals surface area (Å²) in [6, 6.07) is 6.67. The van der Waals surface area contributed by atoms with Gasteiger partial charge >= 0.3 is 12.2 Å². The molecule has 142 valence electrons. The van der Waals surface area contributed by atoms with Gasteiger partial charge in [0.2, 0.25) is 5.91 Å². The zero-order valence-electron chi connectivity index (χ0n) is 14.3. The van der Waals surface area contributed by atoms with Crippen molar-refractivity contribution in [3.05, 3.63) is 24.3 Å². The van der Waals surface area contributed by atoms with Crippen LogP contribution in [0.15, 0.2) is 24.3 Å². The summed E-state index contributed by atoms with van der Waals surface area (Å²) in [5.41, 5.74) is 1.38. The Morgan fingerprint density at radius 2 is 1.69 bits per heavy atom. The van der Waals surface area contributed by atoms with Gasteiger partial charge in [0, 0.05) is 50.5 Å². The van der Waals surface area contributed by atoms with E-state index < -0.39 is 12.7 Å². The van der Waals surface area contributed by atoms with E-state index in [9.17, 15) is 22.8 Å². The van der Waals surface area contributed by atoms with Gasteiger partial charge in [0.05, 0.1) is 6.54 Å². The van der Waals surface area contributed by atoms with Crippen LogP contribution in [0, 0.1) is 0 Å². The molecule has 0 radical (unpaired) electrons. The molecule has 1 aromatic carbocycles. The number of rotatable bonds is 3. The lowest BCUT2D eigenvalue weighted by Gasteiger charge is -2.34. The first-order valence-electron chi connectivity index (χ1n) is 8.57. The number of halogens is 3. The summed E-state index contributed by atoms with van der Waals surface area (Å²) >= 11 is 0. The number of hydrogen-bond acceptors (Lipinski definition) is 3. The average Bonchev–Trinajstić information content (AvgIpc) is 3.01. The van der Waals surface area contributed by atoms with Crippen LogP contribution in [0.2, 0.25) is 0 Å². The number of carbonyl (C=O) groups is 2. The van der Waals surface area contributed by atoms with Crippen LogP contribution in [0.25, 0.3) is 0 Å². The fourth-order valence-corrected chi connectivity index (χ4v) is 3.21. The van der Waals surface area contributed by atoms with Crippen molar-refractivity contribution in [1.82, 2.24) is 9.80 Å². The minimum absolute atomic E-state index is 0.0958. The van der Waals surface area contributed by atoms with Crippen LogP contribution in [-0.2, 0) is 4.79 Å². The van der Waals surface area contributed by atoms with Gasteiger partial charge in [-0.3, -0.25) is 9.69 Å². The van der Waals surface area contributed by atoms with Gasteiger partial charge < -0.3 is 15.1 Å². The minimum Gasteiger partial charge on any atom is -0.322 e. The SMILES string of the molecule is O=C(Nc1ccc(N2CCCC2=O)cc1)N1CCN(CC(F)(F)F)CC1. The third-order valence-corrected chi connectivity index (χ3v) is 4.57. The predicted molar refractivity (Wildman–Crippen MR) is 91.1 cm³/mol. The van der Waals surface area contributed by atoms with E-state index >= 15 is 0 Å². The summed E-state index contributed by atoms with van der Waals surface area (Å²) < 4.78 is 37.2. The summed E-state index contributed by atoms with van der Waals surface area (Å²) in [5, 5.41) is 2.75. The van der Waals surface area contributed by atoms with Crippen molar-refractivity contribution in [3.63, 3.8) is 0 Å². The fourth-order valence-electron chi connectivity index (χ4n) is 3.21. The topological polar surface area (TPSA) is 55.9 Å². The lowest BCUT2D eigenvalue weighted by Crippen LogP contribution is -2.51. The minimum atomic E-state index is -4.22. The van der Waals surface area contributed by atoms with Gasteiger partial charge in [-0.15, -0.1) is 0 Å². The van der Waals surface area contributed by atoms with Gasteiger partial charge in [0.1, 0.15) is 0 Å². The van der Waals surface area contributed by atoms with Crippen LogP contribution in [0.4, 0.5) is 29.3 Å². The number of nitrogens with one attached hydrogen (secondary N) is 1. The molecular formula is C17H21F3N4O2. The zero-order chi connectivity index (χ0) is 18.7. The Morgan fingerprint density at radius 1 is 1.04 bits per heavy atom. The molecule has 2 fully saturated rings. The average molecular weight is 370 g/mol. The molecule has 1 N–H and O–H groups in total. The van der Waals surface area contributed by atoms with Crippen molar-refractivity contribution in [2.45, 2.75) is 19.0 Å². The Labute approximate surface area is 149 Å². The molecule has 0 aromatic heterocycles. The molecule has 2 saturated heterocycles. The smallest absolute Gasteiger partial charge is 0.322 e. The Balaban J connectivity index is 1.50. The van der Waals surface area contributed by atoms with Crippen LogP contribution in [-0.4, -0.2) is 67.2 Å². The maximum absolute atomic E-state index is 12.4. The van der Waals surface area contributed by atoms with Crippen molar-refractivity contribution in [2.75, 3.05) is 49.5 Å². The molecule has 0 bridgehead atoms. The molecule has 9 heteroatoms. The predicted octanol–water partition coefficient (Wildman–Crippen LogP) is 2.53. The van der Waals surface area contributed by atoms with Gasteiger partial charge in [0.15, 0.2) is 0 Å². The van der Waals surface area contributed by atoms with E-state index in [0.29, 0.717) is 18.7 Å². The number of carbonyl (C=O) groups excluding carboxylic acids is 2. The normalized spacial score (nSPS) is 19.1. The van der Waals surface area contributed by atoms with E-state index in [2.05, 4.69) is 5.32 Å². The van der Waals surface area contributed by atoms with Crippen LogP contribution >= 0.6 is 0 Å². The monoisotopic (exact) mass is 370 g/mol. The molecular weight excluding hydrogens is 349 g/mol. The quantitative estimate of drug-likeness (QED) is 0.890. The van der Waals surface area contributed by atoms with E-state index in [0.717, 1.165) is 12.1 Å². The van der Waals surface area contributed by atoms with E-state index in [-0.39, 0.29) is 38.1 Å². The Bertz CT molecular complexity index is 655. The van der Waals surface area contributed by atoms with Crippen LogP contribution in [0.5, 0.6) is 0 Å². The standard InChI is InChI=1S/C17H21F3N4O2/c18-17(19,20)12-22-8-10-23(11-9-22)16(26)21-13-3-5-14(6-4-13)24-7-1-2-15(24)25/h3-6H,1-2,7-12H2,(H,21,26). The highest BCUT2D eigenvalue weighted by Gasteiger charge is 2.32. The highest BCUT2D eigenvalue weighted by atomic mass is 19.4. The third-order valence-electron chi connectivity index (χ3n) is 4.57. The van der Waals surface area contributed by atoms with Gasteiger partial charge in [-0.2, -0.15) is 13.2 Å². The summed E-state index contributed by atoms with van der Waals surface area (Å²) in [6.07, 6.45) is -2.82. The summed E-state index contributed by atoms with van der Waals surface area (Å²) in [7, 11) is 0. The maximum Gasteiger partial charge on any atom is 0.401 e. The van der Waals surface area contributed by atoms with Crippen molar-refractivity contribution in [2.24, 2.45) is 0 Å². The number of benzene rings is 1. The van der Waals surface area contributed by atoms with Gasteiger partial charge in [-0.05, 0) is 30.7 Å². The van der Waals surface area contributed by atoms with Crippen LogP contribution in [0.3, 0.4) is 0 Å². The van der Waals surface area contributed by atoms with E-state index in [1.165, 1.54) is 9.80 Å². The summed E-state index contributed by atoms with van der Waals surface area (Å²) in [4.78, 5) is 28.5. The summed E-state index contributed by atoms with van der Waals surface area (Å²) in [5.74, 6) is 0.0958. The van der Waals surface area contributed by atoms with Crippen LogP contribution < -0.4 is 10.2 Å². The molecule has 2 heterocycles. The molecule has 0 atom stereocenters. The molecule has 0 unspecified atom stereocenters. The third kappa shape index (κ3) is 4.66. The Hall–Kier alpha value is -2.29. The fraction of sp³-hybridized carbons (Fsp3) is 0.529. The van der Waals surface area contributed by atoms with Crippen molar-refractivity contribution in [3.8, 4) is 0 Å². The molecule has 0 saturated carbocycles. The number of amides is 3.